The molecule has 3 aromatic rings. The number of ketones is 2. The lowest BCUT2D eigenvalue weighted by atomic mass is 9.72. The van der Waals surface area contributed by atoms with Gasteiger partial charge in [0.05, 0.1) is 18.1 Å². The number of hydrogen-bond donors (Lipinski definition) is 0. The Morgan fingerprint density at radius 3 is 2.39 bits per heavy atom. The SMILES string of the molecule is O=C1c2ccc(-c3ccc(/C=N/n4cnnc4)o3)cc2C(=O)[C@H]2C=CC=C[C@H]12. The largest absolute Gasteiger partial charge is 0.455 e. The van der Waals surface area contributed by atoms with E-state index in [0.717, 1.165) is 5.56 Å². The van der Waals surface area contributed by atoms with Crippen LogP contribution in [0.4, 0.5) is 0 Å². The van der Waals surface area contributed by atoms with E-state index in [1.54, 1.807) is 48.7 Å². The van der Waals surface area contributed by atoms with Crippen molar-refractivity contribution < 1.29 is 14.0 Å². The zero-order valence-corrected chi connectivity index (χ0v) is 14.6. The first-order valence-electron chi connectivity index (χ1n) is 8.77. The summed E-state index contributed by atoms with van der Waals surface area (Å²) in [5.74, 6) is 0.248. The number of Topliss-reactive ketones (excluding diaryl/α,β-unsaturated/α-hetero) is 2. The Hall–Kier alpha value is -3.87. The van der Waals surface area contributed by atoms with Crippen molar-refractivity contribution in [1.82, 2.24) is 14.9 Å². The Balaban J connectivity index is 1.48. The predicted octanol–water partition coefficient (Wildman–Crippen LogP) is 3.16. The van der Waals surface area contributed by atoms with E-state index in [4.69, 9.17) is 4.42 Å². The standard InChI is InChI=1S/C21H14N4O3/c26-20-15-3-1-2-4-16(15)21(27)18-9-13(5-7-17(18)20)19-8-6-14(28-19)10-24-25-11-22-23-12-25/h1-12,15-16H/b24-10+/t15-,16-/m0/s1. The van der Waals surface area contributed by atoms with Crippen LogP contribution in [0.3, 0.4) is 0 Å². The number of furan rings is 1. The zero-order chi connectivity index (χ0) is 19.1. The number of rotatable bonds is 3. The molecular formula is C21H14N4O3. The summed E-state index contributed by atoms with van der Waals surface area (Å²) in [6, 6.07) is 8.82. The summed E-state index contributed by atoms with van der Waals surface area (Å²) < 4.78 is 7.26. The van der Waals surface area contributed by atoms with Gasteiger partial charge in [-0.15, -0.1) is 10.2 Å². The van der Waals surface area contributed by atoms with Crippen LogP contribution in [0.25, 0.3) is 11.3 Å². The van der Waals surface area contributed by atoms with Gasteiger partial charge in [-0.3, -0.25) is 9.59 Å². The Labute approximate surface area is 159 Å². The van der Waals surface area contributed by atoms with Gasteiger partial charge in [0.1, 0.15) is 24.2 Å². The number of fused-ring (bicyclic) bond motifs is 2. The molecule has 0 N–H and O–H groups in total. The maximum atomic E-state index is 12.9. The number of aromatic nitrogens is 3. The molecule has 0 unspecified atom stereocenters. The van der Waals surface area contributed by atoms with Gasteiger partial charge in [-0.25, -0.2) is 4.68 Å². The predicted molar refractivity (Wildman–Crippen MR) is 101 cm³/mol. The molecule has 0 bridgehead atoms. The van der Waals surface area contributed by atoms with E-state index in [0.29, 0.717) is 22.6 Å². The first-order valence-corrected chi connectivity index (χ1v) is 8.77. The lowest BCUT2D eigenvalue weighted by Crippen LogP contribution is -2.35. The number of benzene rings is 1. The molecule has 2 aliphatic carbocycles. The highest BCUT2D eigenvalue weighted by atomic mass is 16.3. The number of allylic oxidation sites excluding steroid dienone is 4. The lowest BCUT2D eigenvalue weighted by Gasteiger charge is -2.28. The molecule has 0 aliphatic heterocycles. The van der Waals surface area contributed by atoms with Crippen molar-refractivity contribution >= 4 is 17.8 Å². The van der Waals surface area contributed by atoms with Crippen molar-refractivity contribution in [2.75, 3.05) is 0 Å². The molecule has 2 aromatic heterocycles. The molecule has 2 aliphatic rings. The first-order chi connectivity index (χ1) is 13.7. The van der Waals surface area contributed by atoms with Crippen LogP contribution in [0, 0.1) is 11.8 Å². The van der Waals surface area contributed by atoms with Crippen LogP contribution >= 0.6 is 0 Å². The molecule has 2 atom stereocenters. The van der Waals surface area contributed by atoms with Crippen LogP contribution in [-0.4, -0.2) is 32.7 Å². The van der Waals surface area contributed by atoms with Gasteiger partial charge in [-0.1, -0.05) is 30.4 Å². The second-order valence-corrected chi connectivity index (χ2v) is 6.60. The molecule has 0 fully saturated rings. The van der Waals surface area contributed by atoms with Crippen LogP contribution in [0.1, 0.15) is 26.5 Å². The number of carbonyl (C=O) groups is 2. The summed E-state index contributed by atoms with van der Waals surface area (Å²) in [7, 11) is 0. The van der Waals surface area contributed by atoms with Gasteiger partial charge in [-0.2, -0.15) is 5.10 Å². The first kappa shape index (κ1) is 16.3. The molecule has 0 amide bonds. The topological polar surface area (TPSA) is 90.3 Å². The Morgan fingerprint density at radius 1 is 0.929 bits per heavy atom. The monoisotopic (exact) mass is 370 g/mol. The number of nitrogens with zero attached hydrogens (tertiary/aromatic N) is 4. The van der Waals surface area contributed by atoms with Crippen LogP contribution in [0.5, 0.6) is 0 Å². The third kappa shape index (κ3) is 2.64. The van der Waals surface area contributed by atoms with Gasteiger partial charge in [-0.05, 0) is 24.3 Å². The maximum absolute atomic E-state index is 12.9. The molecule has 28 heavy (non-hydrogen) atoms. The van der Waals surface area contributed by atoms with Crippen molar-refractivity contribution in [3.05, 3.63) is 84.2 Å². The average molecular weight is 370 g/mol. The Bertz CT molecular complexity index is 1170. The molecule has 0 radical (unpaired) electrons. The smallest absolute Gasteiger partial charge is 0.171 e. The van der Waals surface area contributed by atoms with E-state index in [2.05, 4.69) is 15.3 Å². The minimum absolute atomic E-state index is 0.0204. The molecular weight excluding hydrogens is 356 g/mol. The molecule has 5 rings (SSSR count). The van der Waals surface area contributed by atoms with Gasteiger partial charge in [0.15, 0.2) is 11.6 Å². The van der Waals surface area contributed by atoms with E-state index in [-0.39, 0.29) is 11.6 Å². The molecule has 7 nitrogen and oxygen atoms in total. The van der Waals surface area contributed by atoms with E-state index < -0.39 is 11.8 Å². The molecule has 7 heteroatoms. The number of hydrogen-bond acceptors (Lipinski definition) is 6. The summed E-state index contributed by atoms with van der Waals surface area (Å²) in [6.45, 7) is 0. The van der Waals surface area contributed by atoms with Crippen LogP contribution < -0.4 is 0 Å². The summed E-state index contributed by atoms with van der Waals surface area (Å²) >= 11 is 0. The molecule has 1 aromatic carbocycles. The van der Waals surface area contributed by atoms with E-state index >= 15 is 0 Å². The quantitative estimate of drug-likeness (QED) is 0.661. The fourth-order valence-electron chi connectivity index (χ4n) is 3.54. The minimum Gasteiger partial charge on any atom is -0.455 e. The summed E-state index contributed by atoms with van der Waals surface area (Å²) in [5, 5.41) is 11.5. The maximum Gasteiger partial charge on any atom is 0.171 e. The average Bonchev–Trinajstić information content (AvgIpc) is 3.42. The van der Waals surface area contributed by atoms with Crippen molar-refractivity contribution in [1.29, 1.82) is 0 Å². The Kier molecular flexibility index (Phi) is 3.72. The molecule has 0 saturated carbocycles. The van der Waals surface area contributed by atoms with Crippen molar-refractivity contribution in [3.63, 3.8) is 0 Å². The Morgan fingerprint density at radius 2 is 1.64 bits per heavy atom. The highest BCUT2D eigenvalue weighted by Gasteiger charge is 2.39. The van der Waals surface area contributed by atoms with E-state index in [9.17, 15) is 9.59 Å². The highest BCUT2D eigenvalue weighted by molar-refractivity contribution is 6.17. The number of carbonyl (C=O) groups excluding carboxylic acids is 2. The fourth-order valence-corrected chi connectivity index (χ4v) is 3.54. The molecule has 0 saturated heterocycles. The molecule has 136 valence electrons. The zero-order valence-electron chi connectivity index (χ0n) is 14.6. The normalized spacial score (nSPS) is 20.6. The molecule has 2 heterocycles. The summed E-state index contributed by atoms with van der Waals surface area (Å²) in [4.78, 5) is 25.7. The van der Waals surface area contributed by atoms with Crippen LogP contribution in [0.2, 0.25) is 0 Å². The van der Waals surface area contributed by atoms with Gasteiger partial charge in [0.2, 0.25) is 0 Å². The second kappa shape index (κ2) is 6.38. The van der Waals surface area contributed by atoms with Gasteiger partial charge in [0.25, 0.3) is 0 Å². The van der Waals surface area contributed by atoms with E-state index in [1.165, 1.54) is 17.3 Å². The van der Waals surface area contributed by atoms with Crippen molar-refractivity contribution in [2.45, 2.75) is 0 Å². The van der Waals surface area contributed by atoms with Crippen LogP contribution in [-0.2, 0) is 0 Å². The van der Waals surface area contributed by atoms with Gasteiger partial charge in [0, 0.05) is 16.7 Å². The second-order valence-electron chi connectivity index (χ2n) is 6.60. The highest BCUT2D eigenvalue weighted by Crippen LogP contribution is 2.36. The van der Waals surface area contributed by atoms with Gasteiger partial charge < -0.3 is 4.42 Å². The lowest BCUT2D eigenvalue weighted by molar-refractivity contribution is 0.0801. The van der Waals surface area contributed by atoms with Crippen LogP contribution in [0.15, 0.2) is 76.8 Å². The fraction of sp³-hybridized carbons (Fsp3) is 0.0952. The van der Waals surface area contributed by atoms with Crippen molar-refractivity contribution in [2.24, 2.45) is 16.9 Å². The minimum atomic E-state index is -0.427. The summed E-state index contributed by atoms with van der Waals surface area (Å²) in [6.07, 6.45) is 11.7. The third-order valence-electron chi connectivity index (χ3n) is 4.93. The molecule has 0 spiro atoms. The summed E-state index contributed by atoms with van der Waals surface area (Å²) in [5.41, 5.74) is 1.65. The van der Waals surface area contributed by atoms with E-state index in [1.807, 2.05) is 12.2 Å². The van der Waals surface area contributed by atoms with Gasteiger partial charge >= 0.3 is 0 Å². The third-order valence-corrected chi connectivity index (χ3v) is 4.93. The van der Waals surface area contributed by atoms with Crippen molar-refractivity contribution in [3.8, 4) is 11.3 Å².